The van der Waals surface area contributed by atoms with Crippen LogP contribution in [-0.2, 0) is 24.0 Å². The summed E-state index contributed by atoms with van der Waals surface area (Å²) >= 11 is 6.22. The van der Waals surface area contributed by atoms with Gasteiger partial charge in [0.25, 0.3) is 11.8 Å². The first-order chi connectivity index (χ1) is 15.6. The van der Waals surface area contributed by atoms with E-state index in [4.69, 9.17) is 11.5 Å². The maximum atomic E-state index is 12.8. The average Bonchev–Trinajstić information content (AvgIpc) is 3.20. The Kier molecular flexibility index (Phi) is 7.28. The Morgan fingerprint density at radius 2 is 2.12 bits per heavy atom. The fraction of sp³-hybridized carbons (Fsp3) is 0.353. The molecule has 176 valence electrons. The molecule has 1 unspecified atom stereocenters. The second-order valence-electron chi connectivity index (χ2n) is 6.98. The third-order valence-corrected chi connectivity index (χ3v) is 7.15. The van der Waals surface area contributed by atoms with Crippen molar-refractivity contribution >= 4 is 75.3 Å². The highest BCUT2D eigenvalue weighted by atomic mass is 32.2. The van der Waals surface area contributed by atoms with Crippen LogP contribution in [-0.4, -0.2) is 85.2 Å². The highest BCUT2D eigenvalue weighted by Gasteiger charge is 2.53. The Balaban J connectivity index is 1.72. The molecule has 0 aromatic carbocycles. The minimum Gasteiger partial charge on any atom is -0.410 e. The highest BCUT2D eigenvalue weighted by Crippen LogP contribution is 2.41. The number of amides is 4. The molecule has 16 heteroatoms. The zero-order chi connectivity index (χ0) is 24.4. The predicted molar refractivity (Wildman–Crippen MR) is 122 cm³/mol. The molecule has 2 atom stereocenters. The lowest BCUT2D eigenvalue weighted by Crippen LogP contribution is -2.70. The van der Waals surface area contributed by atoms with Crippen molar-refractivity contribution in [3.8, 4) is 0 Å². The minimum atomic E-state index is -1.10. The number of rotatable bonds is 7. The number of thioether (sulfide) groups is 1. The number of aromatic nitrogens is 1. The Morgan fingerprint density at radius 3 is 2.67 bits per heavy atom. The van der Waals surface area contributed by atoms with Crippen molar-refractivity contribution in [3.05, 3.63) is 22.3 Å². The molecule has 13 nitrogen and oxygen atoms in total. The largest absolute Gasteiger partial charge is 0.410 e. The summed E-state index contributed by atoms with van der Waals surface area (Å²) in [6, 6.07) is -0.974. The van der Waals surface area contributed by atoms with E-state index < -0.39 is 45.9 Å². The first-order valence-corrected chi connectivity index (χ1v) is 11.6. The van der Waals surface area contributed by atoms with Gasteiger partial charge in [-0.15, -0.1) is 23.1 Å². The molecule has 0 saturated carbocycles. The van der Waals surface area contributed by atoms with Crippen LogP contribution in [0, 0.1) is 0 Å². The lowest BCUT2D eigenvalue weighted by Gasteiger charge is -2.50. The molecule has 3 rings (SSSR count). The number of fused-ring (bicyclic) bond motifs is 1. The highest BCUT2D eigenvalue weighted by molar-refractivity contribution is 8.00. The number of nitrogen functional groups attached to an aromatic ring is 1. The molecule has 4 amide bonds. The normalized spacial score (nSPS) is 20.1. The van der Waals surface area contributed by atoms with Crippen LogP contribution in [0.15, 0.2) is 21.8 Å². The molecule has 2 aliphatic rings. The lowest BCUT2D eigenvalue weighted by molar-refractivity contribution is -0.146. The van der Waals surface area contributed by atoms with Gasteiger partial charge in [-0.1, -0.05) is 17.8 Å². The van der Waals surface area contributed by atoms with Gasteiger partial charge < -0.3 is 26.9 Å². The number of carbonyl (C=O) groups is 5. The van der Waals surface area contributed by atoms with Crippen LogP contribution < -0.4 is 16.8 Å². The van der Waals surface area contributed by atoms with E-state index in [1.807, 2.05) is 0 Å². The van der Waals surface area contributed by atoms with Gasteiger partial charge in [-0.05, 0) is 12.0 Å². The van der Waals surface area contributed by atoms with Crippen molar-refractivity contribution in [2.24, 2.45) is 10.9 Å². The smallest absolute Gasteiger partial charge is 0.311 e. The van der Waals surface area contributed by atoms with Crippen LogP contribution in [0.3, 0.4) is 0 Å². The molecule has 0 bridgehead atoms. The zero-order valence-electron chi connectivity index (χ0n) is 17.0. The van der Waals surface area contributed by atoms with Gasteiger partial charge in [-0.2, -0.15) is 0 Å². The third kappa shape index (κ3) is 4.81. The first kappa shape index (κ1) is 24.5. The molecular weight excluding hydrogens is 494 g/mol. The number of thiazole rings is 1. The zero-order valence-corrected chi connectivity index (χ0v) is 19.6. The van der Waals surface area contributed by atoms with E-state index in [2.05, 4.69) is 28.1 Å². The number of oxime groups is 1. The summed E-state index contributed by atoms with van der Waals surface area (Å²) in [5.41, 5.74) is 10.8. The third-order valence-electron chi connectivity index (χ3n) is 4.92. The van der Waals surface area contributed by atoms with Gasteiger partial charge >= 0.3 is 11.8 Å². The standard InChI is InChI=1S/C17H19N7O6S3/c1-23(14(28)11(18)25)3-2-6-4-32-15-9(13(27)24(15)10(6)16(29)31)21-12(26)8(22-30)7-5-33-17(19)20-7/h5,9,15,30H,2-4H2,1H3,(H2,18,25)(H2,19,20)(H,21,26)(H,29,31)/b22-8-/t9?,15-/m1/s1. The van der Waals surface area contributed by atoms with Crippen LogP contribution in [0.4, 0.5) is 5.13 Å². The molecule has 0 aliphatic carbocycles. The monoisotopic (exact) mass is 513 g/mol. The maximum absolute atomic E-state index is 12.8. The average molecular weight is 514 g/mol. The number of likely N-dealkylation sites (N-methyl/N-ethyl adjacent to an activating group) is 1. The number of β-lactam (4-membered cyclic amide) rings is 1. The maximum Gasteiger partial charge on any atom is 0.311 e. The summed E-state index contributed by atoms with van der Waals surface area (Å²) in [6.07, 6.45) is 0.213. The Hall–Kier alpha value is -3.11. The van der Waals surface area contributed by atoms with Crippen LogP contribution in [0.2, 0.25) is 0 Å². The Morgan fingerprint density at radius 1 is 1.42 bits per heavy atom. The van der Waals surface area contributed by atoms with E-state index >= 15 is 0 Å². The van der Waals surface area contributed by atoms with Crippen molar-refractivity contribution in [1.29, 1.82) is 0 Å². The van der Waals surface area contributed by atoms with Crippen molar-refractivity contribution in [2.45, 2.75) is 17.8 Å². The summed E-state index contributed by atoms with van der Waals surface area (Å²) in [5.74, 6) is -3.03. The Bertz CT molecular complexity index is 1100. The number of nitrogens with two attached hydrogens (primary N) is 2. The number of anilines is 1. The number of primary amides is 1. The molecule has 2 aliphatic heterocycles. The van der Waals surface area contributed by atoms with Gasteiger partial charge in [0.1, 0.15) is 17.1 Å². The van der Waals surface area contributed by atoms with Crippen LogP contribution in [0.25, 0.3) is 0 Å². The van der Waals surface area contributed by atoms with Crippen molar-refractivity contribution < 1.29 is 29.2 Å². The number of thiol groups is 1. The van der Waals surface area contributed by atoms with Gasteiger partial charge in [0, 0.05) is 24.7 Å². The summed E-state index contributed by atoms with van der Waals surface area (Å²) < 4.78 is 0. The van der Waals surface area contributed by atoms with E-state index in [0.717, 1.165) is 16.2 Å². The summed E-state index contributed by atoms with van der Waals surface area (Å²) in [5, 5.41) is 15.0. The van der Waals surface area contributed by atoms with Gasteiger partial charge in [0.05, 0.1) is 5.70 Å². The van der Waals surface area contributed by atoms with E-state index in [9.17, 15) is 29.2 Å². The van der Waals surface area contributed by atoms with Crippen molar-refractivity contribution in [2.75, 3.05) is 25.1 Å². The molecule has 0 radical (unpaired) electrons. The van der Waals surface area contributed by atoms with Gasteiger partial charge in [0.15, 0.2) is 10.8 Å². The molecule has 33 heavy (non-hydrogen) atoms. The summed E-state index contributed by atoms with van der Waals surface area (Å²) in [7, 11) is 1.39. The number of carbonyl (C=O) groups excluding carboxylic acids is 5. The van der Waals surface area contributed by atoms with Crippen molar-refractivity contribution in [1.82, 2.24) is 20.1 Å². The number of hydrogen-bond acceptors (Lipinski definition) is 11. The van der Waals surface area contributed by atoms with E-state index in [0.29, 0.717) is 11.3 Å². The quantitative estimate of drug-likeness (QED) is 0.0707. The van der Waals surface area contributed by atoms with Crippen LogP contribution in [0.1, 0.15) is 12.1 Å². The van der Waals surface area contributed by atoms with Crippen LogP contribution >= 0.6 is 35.7 Å². The number of nitrogens with one attached hydrogen (secondary N) is 1. The number of nitrogens with zero attached hydrogens (tertiary/aromatic N) is 4. The predicted octanol–water partition coefficient (Wildman–Crippen LogP) is -1.65. The minimum absolute atomic E-state index is 0.0560. The molecule has 1 fully saturated rings. The SMILES string of the molecule is CN(CCC1=C(C(=O)S)N2C(=O)C(NC(=O)/C(=N\O)c3csc(N)n3)[C@H]2SC1)C(=O)C(N)=O. The topological polar surface area (TPSA) is 201 Å². The summed E-state index contributed by atoms with van der Waals surface area (Å²) in [4.78, 5) is 66.4. The second kappa shape index (κ2) is 9.80. The first-order valence-electron chi connectivity index (χ1n) is 9.26. The van der Waals surface area contributed by atoms with E-state index in [1.54, 1.807) is 0 Å². The fourth-order valence-corrected chi connectivity index (χ4v) is 5.49. The second-order valence-corrected chi connectivity index (χ2v) is 9.38. The van der Waals surface area contributed by atoms with Gasteiger partial charge in [0.2, 0.25) is 5.12 Å². The Labute approximate surface area is 200 Å². The lowest BCUT2D eigenvalue weighted by atomic mass is 10.0. The summed E-state index contributed by atoms with van der Waals surface area (Å²) in [6.45, 7) is 0.0994. The molecule has 1 saturated heterocycles. The molecule has 0 spiro atoms. The molecule has 6 N–H and O–H groups in total. The van der Waals surface area contributed by atoms with Crippen molar-refractivity contribution in [3.63, 3.8) is 0 Å². The van der Waals surface area contributed by atoms with E-state index in [-0.39, 0.29) is 29.5 Å². The van der Waals surface area contributed by atoms with Crippen LogP contribution in [0.5, 0.6) is 0 Å². The fourth-order valence-electron chi connectivity index (χ4n) is 3.29. The molecule has 3 heterocycles. The van der Waals surface area contributed by atoms with E-state index in [1.165, 1.54) is 29.1 Å². The number of hydrogen-bond donors (Lipinski definition) is 5. The molecule has 1 aromatic heterocycles. The molecular formula is C17H19N7O6S3. The van der Waals surface area contributed by atoms with Gasteiger partial charge in [-0.3, -0.25) is 28.9 Å². The van der Waals surface area contributed by atoms with Gasteiger partial charge in [-0.25, -0.2) is 4.98 Å². The molecule has 1 aromatic rings.